The van der Waals surface area contributed by atoms with Crippen LogP contribution in [-0.4, -0.2) is 28.8 Å². The van der Waals surface area contributed by atoms with Gasteiger partial charge in [0.05, 0.1) is 31.8 Å². The lowest BCUT2D eigenvalue weighted by atomic mass is 10.2. The van der Waals surface area contributed by atoms with Crippen molar-refractivity contribution < 1.29 is 23.5 Å². The minimum absolute atomic E-state index is 0.0440. The summed E-state index contributed by atoms with van der Waals surface area (Å²) in [7, 11) is 1.25. The second-order valence-corrected chi connectivity index (χ2v) is 5.42. The van der Waals surface area contributed by atoms with E-state index in [1.807, 2.05) is 0 Å². The number of esters is 2. The molecule has 0 bridgehead atoms. The van der Waals surface area contributed by atoms with Gasteiger partial charge in [-0.15, -0.1) is 0 Å². The van der Waals surface area contributed by atoms with Crippen LogP contribution in [0.1, 0.15) is 22.7 Å². The van der Waals surface area contributed by atoms with Gasteiger partial charge in [0.15, 0.2) is 0 Å². The fourth-order valence-electron chi connectivity index (χ4n) is 2.43. The highest BCUT2D eigenvalue weighted by atomic mass is 16.5. The third-order valence-electron chi connectivity index (χ3n) is 3.71. The fourth-order valence-corrected chi connectivity index (χ4v) is 2.43. The minimum Gasteiger partial charge on any atom is -0.463 e. The highest BCUT2D eigenvalue weighted by molar-refractivity contribution is 5.86. The number of para-hydroxylation sites is 1. The molecule has 0 aliphatic rings. The van der Waals surface area contributed by atoms with Crippen molar-refractivity contribution in [1.29, 1.82) is 0 Å². The number of aromatic nitrogens is 2. The summed E-state index contributed by atoms with van der Waals surface area (Å²) < 4.78 is 16.5. The zero-order chi connectivity index (χ0) is 18.5. The van der Waals surface area contributed by atoms with E-state index < -0.39 is 11.9 Å². The summed E-state index contributed by atoms with van der Waals surface area (Å²) >= 11 is 0. The lowest BCUT2D eigenvalue weighted by Crippen LogP contribution is -2.15. The maximum atomic E-state index is 11.9. The molecule has 0 atom stereocenters. The number of hydrogen-bond acceptors (Lipinski definition) is 7. The third kappa shape index (κ3) is 3.80. The van der Waals surface area contributed by atoms with Crippen LogP contribution in [0.2, 0.25) is 0 Å². The number of rotatable bonds is 6. The molecule has 0 unspecified atom stereocenters. The molecule has 26 heavy (non-hydrogen) atoms. The molecule has 0 saturated carbocycles. The van der Waals surface area contributed by atoms with Gasteiger partial charge in [-0.1, -0.05) is 12.1 Å². The first-order valence-electron chi connectivity index (χ1n) is 7.86. The molecule has 3 rings (SSSR count). The summed E-state index contributed by atoms with van der Waals surface area (Å²) in [5.74, 6) is -0.669. The van der Waals surface area contributed by atoms with E-state index in [0.717, 1.165) is 0 Å². The summed E-state index contributed by atoms with van der Waals surface area (Å²) in [6.07, 6.45) is 1.30. The van der Waals surface area contributed by atoms with Crippen molar-refractivity contribution in [3.63, 3.8) is 0 Å². The molecule has 8 heteroatoms. The van der Waals surface area contributed by atoms with E-state index >= 15 is 0 Å². The number of ether oxygens (including phenoxy) is 2. The Bertz CT molecular complexity index is 1000. The van der Waals surface area contributed by atoms with Crippen LogP contribution in [0.3, 0.4) is 0 Å². The van der Waals surface area contributed by atoms with Gasteiger partial charge in [0.2, 0.25) is 11.2 Å². The van der Waals surface area contributed by atoms with Crippen molar-refractivity contribution in [2.24, 2.45) is 0 Å². The predicted octanol–water partition coefficient (Wildman–Crippen LogP) is 1.91. The molecule has 2 aromatic heterocycles. The zero-order valence-corrected chi connectivity index (χ0v) is 14.0. The van der Waals surface area contributed by atoms with Gasteiger partial charge in [0.25, 0.3) is 0 Å². The summed E-state index contributed by atoms with van der Waals surface area (Å²) in [4.78, 5) is 35.0. The van der Waals surface area contributed by atoms with Gasteiger partial charge in [-0.3, -0.25) is 14.3 Å². The number of methoxy groups -OCH3 is 1. The Kier molecular flexibility index (Phi) is 5.12. The Morgan fingerprint density at radius 3 is 2.81 bits per heavy atom. The van der Waals surface area contributed by atoms with Crippen LogP contribution in [0, 0.1) is 0 Å². The molecular formula is C18H16N2O6. The first-order valence-corrected chi connectivity index (χ1v) is 7.86. The molecule has 0 spiro atoms. The predicted molar refractivity (Wildman–Crippen MR) is 90.5 cm³/mol. The topological polar surface area (TPSA) is 101 Å². The average molecular weight is 356 g/mol. The van der Waals surface area contributed by atoms with E-state index in [-0.39, 0.29) is 30.8 Å². The van der Waals surface area contributed by atoms with Gasteiger partial charge >= 0.3 is 11.9 Å². The smallest absolute Gasteiger partial charge is 0.373 e. The molecule has 0 radical (unpaired) electrons. The van der Waals surface area contributed by atoms with Gasteiger partial charge in [0, 0.05) is 5.39 Å². The minimum atomic E-state index is -0.598. The van der Waals surface area contributed by atoms with E-state index in [4.69, 9.17) is 9.15 Å². The van der Waals surface area contributed by atoms with Crippen molar-refractivity contribution in [3.05, 3.63) is 64.3 Å². The Labute approximate surface area is 147 Å². The lowest BCUT2D eigenvalue weighted by Gasteiger charge is -2.08. The summed E-state index contributed by atoms with van der Waals surface area (Å²) in [6, 6.07) is 10.0. The van der Waals surface area contributed by atoms with Crippen LogP contribution in [0.25, 0.3) is 10.9 Å². The second kappa shape index (κ2) is 7.64. The largest absolute Gasteiger partial charge is 0.463 e. The number of nitrogens with zero attached hydrogens (tertiary/aromatic N) is 2. The van der Waals surface area contributed by atoms with E-state index in [2.05, 4.69) is 9.84 Å². The number of benzene rings is 1. The van der Waals surface area contributed by atoms with Crippen LogP contribution in [0.5, 0.6) is 0 Å². The van der Waals surface area contributed by atoms with Crippen LogP contribution in [0.15, 0.2) is 51.8 Å². The molecule has 8 nitrogen and oxygen atoms in total. The fraction of sp³-hybridized carbons (Fsp3) is 0.222. The molecular weight excluding hydrogens is 340 g/mol. The average Bonchev–Trinajstić information content (AvgIpc) is 3.14. The lowest BCUT2D eigenvalue weighted by molar-refractivity contribution is -0.145. The molecule has 134 valence electrons. The van der Waals surface area contributed by atoms with Crippen molar-refractivity contribution in [2.75, 3.05) is 7.11 Å². The zero-order valence-electron chi connectivity index (χ0n) is 14.0. The summed E-state index contributed by atoms with van der Waals surface area (Å²) in [6.45, 7) is 0.180. The Hall–Kier alpha value is -3.42. The second-order valence-electron chi connectivity index (χ2n) is 5.42. The standard InChI is InChI=1S/C18H16N2O6/c1-24-18(23)16-7-6-12(26-16)11-25-17(22)8-9-20-14-5-3-2-4-13(14)15(21)10-19-20/h2-7,10H,8-9,11H2,1H3. The van der Waals surface area contributed by atoms with E-state index in [0.29, 0.717) is 16.7 Å². The number of hydrogen-bond donors (Lipinski definition) is 0. The molecule has 0 fully saturated rings. The Balaban J connectivity index is 1.58. The monoisotopic (exact) mass is 356 g/mol. The molecule has 0 aliphatic heterocycles. The highest BCUT2D eigenvalue weighted by Gasteiger charge is 2.13. The molecule has 1 aromatic carbocycles. The van der Waals surface area contributed by atoms with Crippen LogP contribution < -0.4 is 5.43 Å². The quantitative estimate of drug-likeness (QED) is 0.622. The normalized spacial score (nSPS) is 10.7. The molecule has 3 aromatic rings. The van der Waals surface area contributed by atoms with E-state index in [1.165, 1.54) is 25.4 Å². The van der Waals surface area contributed by atoms with Crippen LogP contribution >= 0.6 is 0 Å². The molecule has 0 aliphatic carbocycles. The van der Waals surface area contributed by atoms with Gasteiger partial charge in [0.1, 0.15) is 12.4 Å². The Morgan fingerprint density at radius 2 is 2.00 bits per heavy atom. The maximum Gasteiger partial charge on any atom is 0.373 e. The number of carbonyl (C=O) groups excluding carboxylic acids is 2. The summed E-state index contributed by atoms with van der Waals surface area (Å²) in [5.41, 5.74) is 0.486. The first kappa shape index (κ1) is 17.4. The number of furan rings is 1. The summed E-state index contributed by atoms with van der Waals surface area (Å²) in [5, 5.41) is 4.60. The third-order valence-corrected chi connectivity index (χ3v) is 3.71. The molecule has 2 heterocycles. The van der Waals surface area contributed by atoms with E-state index in [9.17, 15) is 14.4 Å². The van der Waals surface area contributed by atoms with Gasteiger partial charge in [-0.25, -0.2) is 4.79 Å². The van der Waals surface area contributed by atoms with Crippen molar-refractivity contribution in [3.8, 4) is 0 Å². The van der Waals surface area contributed by atoms with Crippen LogP contribution in [0.4, 0.5) is 0 Å². The molecule has 0 saturated heterocycles. The highest BCUT2D eigenvalue weighted by Crippen LogP contribution is 2.11. The maximum absolute atomic E-state index is 11.9. The van der Waals surface area contributed by atoms with Crippen molar-refractivity contribution in [1.82, 2.24) is 9.78 Å². The van der Waals surface area contributed by atoms with E-state index in [1.54, 1.807) is 28.9 Å². The SMILES string of the molecule is COC(=O)c1ccc(COC(=O)CCn2ncc(=O)c3ccccc32)o1. The van der Waals surface area contributed by atoms with Gasteiger partial charge in [-0.2, -0.15) is 5.10 Å². The molecule has 0 amide bonds. The first-order chi connectivity index (χ1) is 12.6. The number of fused-ring (bicyclic) bond motifs is 1. The number of carbonyl (C=O) groups is 2. The van der Waals surface area contributed by atoms with Crippen molar-refractivity contribution in [2.45, 2.75) is 19.6 Å². The van der Waals surface area contributed by atoms with Gasteiger partial charge < -0.3 is 13.9 Å². The van der Waals surface area contributed by atoms with Gasteiger partial charge in [-0.05, 0) is 24.3 Å². The number of aryl methyl sites for hydroxylation is 1. The van der Waals surface area contributed by atoms with Crippen molar-refractivity contribution >= 4 is 22.8 Å². The van der Waals surface area contributed by atoms with Crippen LogP contribution in [-0.2, 0) is 27.4 Å². The molecule has 0 N–H and O–H groups in total. The Morgan fingerprint density at radius 1 is 1.19 bits per heavy atom.